The van der Waals surface area contributed by atoms with E-state index in [4.69, 9.17) is 4.74 Å². The van der Waals surface area contributed by atoms with Gasteiger partial charge in [-0.3, -0.25) is 4.79 Å². The summed E-state index contributed by atoms with van der Waals surface area (Å²) in [4.78, 5) is 13.5. The molecule has 0 bridgehead atoms. The Labute approximate surface area is 188 Å². The average molecular weight is 451 g/mol. The van der Waals surface area contributed by atoms with Gasteiger partial charge in [-0.2, -0.15) is 4.31 Å². The van der Waals surface area contributed by atoms with Crippen molar-refractivity contribution in [3.63, 3.8) is 0 Å². The minimum atomic E-state index is -3.92. The van der Waals surface area contributed by atoms with Gasteiger partial charge in [-0.05, 0) is 72.9 Å². The van der Waals surface area contributed by atoms with Gasteiger partial charge in [0.25, 0.3) is 0 Å². The van der Waals surface area contributed by atoms with Gasteiger partial charge in [0.2, 0.25) is 15.9 Å². The molecule has 1 unspecified atom stereocenters. The van der Waals surface area contributed by atoms with Gasteiger partial charge in [-0.1, -0.05) is 36.4 Å². The number of carbonyl (C=O) groups excluding carboxylic acids is 1. The summed E-state index contributed by atoms with van der Waals surface area (Å²) in [7, 11) is -2.39. The second-order valence-corrected chi connectivity index (χ2v) is 9.84. The molecule has 0 aromatic heterocycles. The molecule has 0 radical (unpaired) electrons. The maximum Gasteiger partial charge on any atom is 0.244 e. The quantitative estimate of drug-likeness (QED) is 0.636. The Morgan fingerprint density at radius 1 is 0.969 bits per heavy atom. The zero-order valence-electron chi connectivity index (χ0n) is 18.3. The molecular formula is C25H26N2O4S. The van der Waals surface area contributed by atoms with Crippen molar-refractivity contribution in [1.29, 1.82) is 0 Å². The topological polar surface area (TPSA) is 75.7 Å². The van der Waals surface area contributed by atoms with E-state index in [2.05, 4.69) is 5.32 Å². The fourth-order valence-electron chi connectivity index (χ4n) is 3.96. The summed E-state index contributed by atoms with van der Waals surface area (Å²) >= 11 is 0. The predicted octanol–water partition coefficient (Wildman–Crippen LogP) is 4.07. The number of amides is 1. The van der Waals surface area contributed by atoms with Crippen LogP contribution in [-0.4, -0.2) is 31.8 Å². The van der Waals surface area contributed by atoms with Crippen molar-refractivity contribution in [3.8, 4) is 5.75 Å². The lowest BCUT2D eigenvalue weighted by Crippen LogP contribution is -2.50. The molecule has 166 valence electrons. The summed E-state index contributed by atoms with van der Waals surface area (Å²) in [6, 6.07) is 18.7. The zero-order valence-corrected chi connectivity index (χ0v) is 19.1. The van der Waals surface area contributed by atoms with Crippen molar-refractivity contribution in [1.82, 2.24) is 4.31 Å². The Balaban J connectivity index is 1.72. The Morgan fingerprint density at radius 2 is 1.66 bits per heavy atom. The number of rotatable bonds is 5. The first-order chi connectivity index (χ1) is 15.3. The highest BCUT2D eigenvalue weighted by Crippen LogP contribution is 2.31. The fourth-order valence-corrected chi connectivity index (χ4v) is 5.53. The highest BCUT2D eigenvalue weighted by molar-refractivity contribution is 7.89. The van der Waals surface area contributed by atoms with E-state index in [-0.39, 0.29) is 17.3 Å². The number of nitrogens with one attached hydrogen (secondary N) is 1. The van der Waals surface area contributed by atoms with Gasteiger partial charge in [0.1, 0.15) is 11.8 Å². The molecular weight excluding hydrogens is 424 g/mol. The maximum absolute atomic E-state index is 13.6. The lowest BCUT2D eigenvalue weighted by Gasteiger charge is -2.35. The third-order valence-electron chi connectivity index (χ3n) is 6.04. The number of benzene rings is 3. The largest absolute Gasteiger partial charge is 0.497 e. The monoisotopic (exact) mass is 450 g/mol. The van der Waals surface area contributed by atoms with E-state index >= 15 is 0 Å². The van der Waals surface area contributed by atoms with Crippen LogP contribution in [0.2, 0.25) is 0 Å². The van der Waals surface area contributed by atoms with Gasteiger partial charge in [0, 0.05) is 12.2 Å². The van der Waals surface area contributed by atoms with E-state index in [1.807, 2.05) is 56.3 Å². The Kier molecular flexibility index (Phi) is 6.04. The van der Waals surface area contributed by atoms with Gasteiger partial charge >= 0.3 is 0 Å². The van der Waals surface area contributed by atoms with Gasteiger partial charge in [-0.25, -0.2) is 8.42 Å². The number of carbonyl (C=O) groups is 1. The highest BCUT2D eigenvalue weighted by atomic mass is 32.2. The summed E-state index contributed by atoms with van der Waals surface area (Å²) in [6.07, 6.45) is 0.308. The molecule has 0 spiro atoms. The first kappa shape index (κ1) is 22.0. The van der Waals surface area contributed by atoms with Crippen molar-refractivity contribution in [2.75, 3.05) is 12.4 Å². The summed E-state index contributed by atoms with van der Waals surface area (Å²) in [5.41, 5.74) is 4.59. The number of nitrogens with zero attached hydrogens (tertiary/aromatic N) is 1. The summed E-state index contributed by atoms with van der Waals surface area (Å²) < 4.78 is 33.6. The molecule has 6 nitrogen and oxygen atoms in total. The Bertz CT molecular complexity index is 1250. The van der Waals surface area contributed by atoms with Crippen LogP contribution in [0.25, 0.3) is 0 Å². The molecule has 0 saturated carbocycles. The lowest BCUT2D eigenvalue weighted by atomic mass is 9.95. The van der Waals surface area contributed by atoms with Crippen LogP contribution in [0.5, 0.6) is 5.75 Å². The van der Waals surface area contributed by atoms with Crippen LogP contribution < -0.4 is 10.1 Å². The summed E-state index contributed by atoms with van der Waals surface area (Å²) in [5.74, 6) is 0.224. The molecule has 1 N–H and O–H groups in total. The number of ether oxygens (including phenoxy) is 1. The van der Waals surface area contributed by atoms with E-state index in [9.17, 15) is 13.2 Å². The fraction of sp³-hybridized carbons (Fsp3) is 0.240. The standard InChI is InChI=1S/C25H26N2O4S/c1-17-7-6-10-23(18(17)2)26-25(28)24-15-19-8-4-5-9-20(19)16-27(24)32(29,30)22-13-11-21(31-3)12-14-22/h4-14,24H,15-16H2,1-3H3,(H,26,28). The normalized spacial score (nSPS) is 16.3. The number of methoxy groups -OCH3 is 1. The molecule has 0 saturated heterocycles. The first-order valence-corrected chi connectivity index (χ1v) is 11.8. The van der Waals surface area contributed by atoms with Gasteiger partial charge < -0.3 is 10.1 Å². The van der Waals surface area contributed by atoms with Crippen LogP contribution in [0.3, 0.4) is 0 Å². The molecule has 1 aliphatic heterocycles. The van der Waals surface area contributed by atoms with Crippen LogP contribution in [-0.2, 0) is 27.8 Å². The average Bonchev–Trinajstić information content (AvgIpc) is 2.81. The molecule has 1 atom stereocenters. The van der Waals surface area contributed by atoms with Crippen molar-refractivity contribution in [2.45, 2.75) is 37.8 Å². The van der Waals surface area contributed by atoms with Crippen LogP contribution in [0, 0.1) is 13.8 Å². The van der Waals surface area contributed by atoms with Gasteiger partial charge in [-0.15, -0.1) is 0 Å². The second kappa shape index (κ2) is 8.76. The van der Waals surface area contributed by atoms with Crippen LogP contribution in [0.15, 0.2) is 71.6 Å². The molecule has 3 aromatic rings. The van der Waals surface area contributed by atoms with E-state index in [1.165, 1.54) is 23.5 Å². The molecule has 0 fully saturated rings. The first-order valence-electron chi connectivity index (χ1n) is 10.4. The van der Waals surface area contributed by atoms with Crippen molar-refractivity contribution < 1.29 is 17.9 Å². The summed E-state index contributed by atoms with van der Waals surface area (Å²) in [6.45, 7) is 4.05. The van der Waals surface area contributed by atoms with Crippen molar-refractivity contribution in [3.05, 3.63) is 89.0 Å². The molecule has 1 aliphatic rings. The number of hydrogen-bond donors (Lipinski definition) is 1. The zero-order chi connectivity index (χ0) is 22.9. The molecule has 4 rings (SSSR count). The highest BCUT2D eigenvalue weighted by Gasteiger charge is 2.39. The van der Waals surface area contributed by atoms with E-state index in [1.54, 1.807) is 12.1 Å². The van der Waals surface area contributed by atoms with Crippen molar-refractivity contribution >= 4 is 21.6 Å². The molecule has 32 heavy (non-hydrogen) atoms. The van der Waals surface area contributed by atoms with E-state index in [0.717, 1.165) is 22.3 Å². The van der Waals surface area contributed by atoms with Crippen LogP contribution in [0.4, 0.5) is 5.69 Å². The molecule has 3 aromatic carbocycles. The molecule has 0 aliphatic carbocycles. The third-order valence-corrected chi connectivity index (χ3v) is 7.91. The van der Waals surface area contributed by atoms with Crippen LogP contribution in [0.1, 0.15) is 22.3 Å². The number of sulfonamides is 1. The molecule has 1 heterocycles. The minimum Gasteiger partial charge on any atom is -0.497 e. The van der Waals surface area contributed by atoms with Gasteiger partial charge in [0.05, 0.1) is 12.0 Å². The van der Waals surface area contributed by atoms with E-state index < -0.39 is 16.1 Å². The molecule has 7 heteroatoms. The SMILES string of the molecule is COc1ccc(S(=O)(=O)N2Cc3ccccc3CC2C(=O)Nc2cccc(C)c2C)cc1. The number of aryl methyl sites for hydroxylation is 1. The number of anilines is 1. The summed E-state index contributed by atoms with van der Waals surface area (Å²) in [5, 5.41) is 2.96. The number of fused-ring (bicyclic) bond motifs is 1. The minimum absolute atomic E-state index is 0.127. The Morgan fingerprint density at radius 3 is 2.34 bits per heavy atom. The second-order valence-electron chi connectivity index (χ2n) is 7.95. The Hall–Kier alpha value is -3.16. The smallest absolute Gasteiger partial charge is 0.244 e. The predicted molar refractivity (Wildman–Crippen MR) is 124 cm³/mol. The van der Waals surface area contributed by atoms with E-state index in [0.29, 0.717) is 17.9 Å². The number of hydrogen-bond acceptors (Lipinski definition) is 4. The van der Waals surface area contributed by atoms with Gasteiger partial charge in [0.15, 0.2) is 0 Å². The maximum atomic E-state index is 13.6. The molecule has 1 amide bonds. The lowest BCUT2D eigenvalue weighted by molar-refractivity contribution is -0.120. The van der Waals surface area contributed by atoms with Crippen LogP contribution >= 0.6 is 0 Å². The third kappa shape index (κ3) is 4.13. The van der Waals surface area contributed by atoms with Crippen molar-refractivity contribution in [2.24, 2.45) is 0 Å².